The second-order valence-electron chi connectivity index (χ2n) is 4.68. The van der Waals surface area contributed by atoms with E-state index in [0.29, 0.717) is 0 Å². The van der Waals surface area contributed by atoms with E-state index in [1.807, 2.05) is 0 Å². The van der Waals surface area contributed by atoms with Crippen LogP contribution < -0.4 is 5.32 Å². The van der Waals surface area contributed by atoms with Crippen molar-refractivity contribution >= 4 is 0 Å². The summed E-state index contributed by atoms with van der Waals surface area (Å²) in [7, 11) is 0. The molecule has 0 bridgehead atoms. The SMILES string of the molecule is CCN1CC2=C(CC3CNCC3=C2)C1. The Labute approximate surface area is 85.7 Å². The first kappa shape index (κ1) is 8.69. The minimum Gasteiger partial charge on any atom is -0.312 e. The van der Waals surface area contributed by atoms with Gasteiger partial charge in [-0.05, 0) is 24.5 Å². The fraction of sp³-hybridized carbons (Fsp3) is 0.667. The maximum absolute atomic E-state index is 3.47. The minimum absolute atomic E-state index is 0.825. The number of hydrogen-bond acceptors (Lipinski definition) is 2. The lowest BCUT2D eigenvalue weighted by Crippen LogP contribution is -2.20. The van der Waals surface area contributed by atoms with E-state index in [1.165, 1.54) is 32.6 Å². The topological polar surface area (TPSA) is 15.3 Å². The second kappa shape index (κ2) is 3.21. The molecule has 0 radical (unpaired) electrons. The lowest BCUT2D eigenvalue weighted by molar-refractivity contribution is 0.363. The summed E-state index contributed by atoms with van der Waals surface area (Å²) in [5, 5.41) is 3.47. The van der Waals surface area contributed by atoms with Crippen molar-refractivity contribution in [3.63, 3.8) is 0 Å². The van der Waals surface area contributed by atoms with Crippen molar-refractivity contribution in [1.82, 2.24) is 10.2 Å². The van der Waals surface area contributed by atoms with Gasteiger partial charge in [-0.2, -0.15) is 0 Å². The molecule has 1 saturated heterocycles. The normalized spacial score (nSPS) is 31.8. The third kappa shape index (κ3) is 1.25. The van der Waals surface area contributed by atoms with E-state index in [2.05, 4.69) is 23.2 Å². The van der Waals surface area contributed by atoms with E-state index in [4.69, 9.17) is 0 Å². The summed E-state index contributed by atoms with van der Waals surface area (Å²) < 4.78 is 0. The molecule has 0 aromatic carbocycles. The molecule has 2 nitrogen and oxygen atoms in total. The highest BCUT2D eigenvalue weighted by Crippen LogP contribution is 2.35. The molecule has 1 aliphatic carbocycles. The van der Waals surface area contributed by atoms with Crippen LogP contribution in [-0.4, -0.2) is 37.6 Å². The third-order valence-electron chi connectivity index (χ3n) is 3.81. The summed E-state index contributed by atoms with van der Waals surface area (Å²) in [6.07, 6.45) is 3.80. The first-order chi connectivity index (χ1) is 6.86. The molecule has 3 rings (SSSR count). The minimum atomic E-state index is 0.825. The smallest absolute Gasteiger partial charge is 0.0237 e. The van der Waals surface area contributed by atoms with Gasteiger partial charge in [0.2, 0.25) is 0 Å². The third-order valence-corrected chi connectivity index (χ3v) is 3.81. The Morgan fingerprint density at radius 2 is 2.43 bits per heavy atom. The predicted octanol–water partition coefficient (Wildman–Crippen LogP) is 1.17. The Kier molecular flexibility index (Phi) is 1.99. The fourth-order valence-electron chi connectivity index (χ4n) is 2.91. The average Bonchev–Trinajstić information content (AvgIpc) is 2.77. The summed E-state index contributed by atoms with van der Waals surface area (Å²) in [6, 6.07) is 0. The summed E-state index contributed by atoms with van der Waals surface area (Å²) >= 11 is 0. The summed E-state index contributed by atoms with van der Waals surface area (Å²) in [6.45, 7) is 8.21. The standard InChI is InChI=1S/C12H18N2/c1-2-14-7-11-3-9-5-13-6-10(9)4-12(11)8-14/h3,10,13H,2,4-8H2,1H3. The second-order valence-corrected chi connectivity index (χ2v) is 4.68. The van der Waals surface area contributed by atoms with Gasteiger partial charge in [0.25, 0.3) is 0 Å². The van der Waals surface area contributed by atoms with Crippen molar-refractivity contribution in [3.8, 4) is 0 Å². The van der Waals surface area contributed by atoms with Crippen LogP contribution in [0.4, 0.5) is 0 Å². The van der Waals surface area contributed by atoms with Gasteiger partial charge < -0.3 is 5.32 Å². The number of nitrogens with zero attached hydrogens (tertiary/aromatic N) is 1. The van der Waals surface area contributed by atoms with Gasteiger partial charge in [-0.3, -0.25) is 4.90 Å². The van der Waals surface area contributed by atoms with Crippen molar-refractivity contribution in [1.29, 1.82) is 0 Å². The van der Waals surface area contributed by atoms with E-state index < -0.39 is 0 Å². The number of nitrogens with one attached hydrogen (secondary N) is 1. The van der Waals surface area contributed by atoms with Gasteiger partial charge in [-0.15, -0.1) is 0 Å². The average molecular weight is 190 g/mol. The maximum atomic E-state index is 3.47. The van der Waals surface area contributed by atoms with Gasteiger partial charge >= 0.3 is 0 Å². The maximum Gasteiger partial charge on any atom is 0.0237 e. The first-order valence-corrected chi connectivity index (χ1v) is 5.71. The monoisotopic (exact) mass is 190 g/mol. The van der Waals surface area contributed by atoms with Crippen molar-refractivity contribution in [2.24, 2.45) is 5.92 Å². The highest BCUT2D eigenvalue weighted by atomic mass is 15.1. The molecule has 0 aromatic rings. The molecule has 1 fully saturated rings. The number of rotatable bonds is 1. The zero-order valence-electron chi connectivity index (χ0n) is 8.84. The van der Waals surface area contributed by atoms with Crippen LogP contribution in [0.15, 0.2) is 22.8 Å². The molecule has 2 heterocycles. The van der Waals surface area contributed by atoms with Crippen LogP contribution in [0.3, 0.4) is 0 Å². The van der Waals surface area contributed by atoms with Crippen molar-refractivity contribution in [3.05, 3.63) is 22.8 Å². The molecule has 0 amide bonds. The predicted molar refractivity (Wildman–Crippen MR) is 58.2 cm³/mol. The van der Waals surface area contributed by atoms with Crippen molar-refractivity contribution < 1.29 is 0 Å². The molecule has 2 heteroatoms. The van der Waals surface area contributed by atoms with E-state index in [0.717, 1.165) is 12.5 Å². The van der Waals surface area contributed by atoms with Gasteiger partial charge in [0, 0.05) is 26.2 Å². The summed E-state index contributed by atoms with van der Waals surface area (Å²) in [5.74, 6) is 0.825. The Morgan fingerprint density at radius 1 is 1.50 bits per heavy atom. The van der Waals surface area contributed by atoms with Crippen molar-refractivity contribution in [2.45, 2.75) is 13.3 Å². The van der Waals surface area contributed by atoms with Gasteiger partial charge in [0.1, 0.15) is 0 Å². The highest BCUT2D eigenvalue weighted by molar-refractivity contribution is 5.41. The van der Waals surface area contributed by atoms with Gasteiger partial charge in [-0.1, -0.05) is 24.1 Å². The Balaban J connectivity index is 1.83. The van der Waals surface area contributed by atoms with E-state index in [9.17, 15) is 0 Å². The molecule has 2 aliphatic heterocycles. The largest absolute Gasteiger partial charge is 0.312 e. The quantitative estimate of drug-likeness (QED) is 0.667. The van der Waals surface area contributed by atoms with Crippen LogP contribution in [0.5, 0.6) is 0 Å². The molecular weight excluding hydrogens is 172 g/mol. The molecule has 3 aliphatic rings. The Hall–Kier alpha value is -0.600. The molecule has 0 saturated carbocycles. The fourth-order valence-corrected chi connectivity index (χ4v) is 2.91. The van der Waals surface area contributed by atoms with Crippen LogP contribution in [0.25, 0.3) is 0 Å². The Bertz CT molecular complexity index is 314. The zero-order chi connectivity index (χ0) is 9.54. The van der Waals surface area contributed by atoms with Crippen molar-refractivity contribution in [2.75, 3.05) is 32.7 Å². The summed E-state index contributed by atoms with van der Waals surface area (Å²) in [4.78, 5) is 2.54. The lowest BCUT2D eigenvalue weighted by Gasteiger charge is -2.17. The van der Waals surface area contributed by atoms with E-state index in [1.54, 1.807) is 16.7 Å². The highest BCUT2D eigenvalue weighted by Gasteiger charge is 2.30. The molecule has 0 spiro atoms. The molecule has 14 heavy (non-hydrogen) atoms. The lowest BCUT2D eigenvalue weighted by atomic mass is 9.87. The van der Waals surface area contributed by atoms with Gasteiger partial charge in [0.15, 0.2) is 0 Å². The van der Waals surface area contributed by atoms with Crippen LogP contribution in [0.1, 0.15) is 13.3 Å². The number of hydrogen-bond donors (Lipinski definition) is 1. The molecule has 1 atom stereocenters. The molecular formula is C12H18N2. The van der Waals surface area contributed by atoms with Crippen LogP contribution in [-0.2, 0) is 0 Å². The van der Waals surface area contributed by atoms with Gasteiger partial charge in [0.05, 0.1) is 0 Å². The van der Waals surface area contributed by atoms with Crippen LogP contribution >= 0.6 is 0 Å². The molecule has 76 valence electrons. The molecule has 0 aromatic heterocycles. The van der Waals surface area contributed by atoms with Crippen LogP contribution in [0.2, 0.25) is 0 Å². The van der Waals surface area contributed by atoms with Gasteiger partial charge in [-0.25, -0.2) is 0 Å². The van der Waals surface area contributed by atoms with Crippen LogP contribution in [0, 0.1) is 5.92 Å². The van der Waals surface area contributed by atoms with E-state index >= 15 is 0 Å². The van der Waals surface area contributed by atoms with E-state index in [-0.39, 0.29) is 0 Å². The number of likely N-dealkylation sites (N-methyl/N-ethyl adjacent to an activating group) is 1. The molecule has 1 unspecified atom stereocenters. The first-order valence-electron chi connectivity index (χ1n) is 5.71. The Morgan fingerprint density at radius 3 is 3.29 bits per heavy atom. The number of fused-ring (bicyclic) bond motifs is 1. The zero-order valence-corrected chi connectivity index (χ0v) is 8.84. The summed E-state index contributed by atoms with van der Waals surface area (Å²) in [5.41, 5.74) is 4.99. The molecule has 1 N–H and O–H groups in total.